The van der Waals surface area contributed by atoms with Gasteiger partial charge in [0.25, 0.3) is 5.91 Å². The smallest absolute Gasteiger partial charge is 0.250 e. The van der Waals surface area contributed by atoms with Crippen molar-refractivity contribution >= 4 is 17.6 Å². The normalized spacial score (nSPS) is 23.2. The number of carbonyl (C=O) groups excluding carboxylic acids is 1. The fourth-order valence-corrected chi connectivity index (χ4v) is 5.30. The number of allylic oxidation sites excluding steroid dienone is 8. The number of aromatic nitrogens is 3. The number of nitrogens with zero attached hydrogens (tertiary/aromatic N) is 4. The molecule has 0 bridgehead atoms. The number of rotatable bonds is 5. The standard InChI is InChI=1S/C25H28N4O.C5H6.Fe/c30-25-24(28-18-22(26-27-28)20-12-8-9-13-20)23(17-16-19-10-4-3-5-11-19)29(25)21-14-6-1-2-7-15-21;1-2-4-5-3-1;/h3-5,8,10-13,16-18,21,23-24H,1-2,6-7,9,14-15H2;1-4H,5H2;/b17-16+;;/t23-,24?;;/m1../s1. The van der Waals surface area contributed by atoms with Crippen molar-refractivity contribution in [1.29, 1.82) is 0 Å². The Balaban J connectivity index is 0.000000455. The van der Waals surface area contributed by atoms with Crippen LogP contribution >= 0.6 is 0 Å². The van der Waals surface area contributed by atoms with Crippen LogP contribution in [-0.4, -0.2) is 37.9 Å². The molecule has 1 amide bonds. The molecule has 5 nitrogen and oxygen atoms in total. The first-order valence-corrected chi connectivity index (χ1v) is 13.0. The summed E-state index contributed by atoms with van der Waals surface area (Å²) in [5, 5.41) is 8.69. The molecule has 2 atom stereocenters. The Morgan fingerprint density at radius 1 is 0.917 bits per heavy atom. The molecule has 1 aromatic heterocycles. The van der Waals surface area contributed by atoms with E-state index in [2.05, 4.69) is 82.0 Å². The largest absolute Gasteiger partial charge is 0.329 e. The summed E-state index contributed by atoms with van der Waals surface area (Å²) in [5.41, 5.74) is 3.08. The van der Waals surface area contributed by atoms with E-state index in [1.54, 1.807) is 4.68 Å². The minimum Gasteiger partial charge on any atom is -0.329 e. The molecule has 3 aliphatic carbocycles. The van der Waals surface area contributed by atoms with Crippen molar-refractivity contribution in [3.63, 3.8) is 0 Å². The summed E-state index contributed by atoms with van der Waals surface area (Å²) in [5.74, 6) is 0.178. The van der Waals surface area contributed by atoms with Crippen LogP contribution in [0.2, 0.25) is 0 Å². The molecule has 6 rings (SSSR count). The summed E-state index contributed by atoms with van der Waals surface area (Å²) in [6.45, 7) is 0. The van der Waals surface area contributed by atoms with Crippen molar-refractivity contribution < 1.29 is 21.9 Å². The van der Waals surface area contributed by atoms with Gasteiger partial charge in [-0.3, -0.25) is 4.79 Å². The van der Waals surface area contributed by atoms with Crippen LogP contribution in [0, 0.1) is 0 Å². The molecule has 36 heavy (non-hydrogen) atoms. The van der Waals surface area contributed by atoms with Crippen LogP contribution in [0.15, 0.2) is 85.1 Å². The molecule has 1 unspecified atom stereocenters. The van der Waals surface area contributed by atoms with Gasteiger partial charge in [-0.05, 0) is 36.8 Å². The van der Waals surface area contributed by atoms with Crippen LogP contribution in [-0.2, 0) is 21.9 Å². The zero-order chi connectivity index (χ0) is 23.9. The molecule has 4 aliphatic rings. The van der Waals surface area contributed by atoms with E-state index < -0.39 is 0 Å². The number of carbonyl (C=O) groups is 1. The maximum atomic E-state index is 13.3. The maximum absolute atomic E-state index is 13.3. The van der Waals surface area contributed by atoms with E-state index >= 15 is 0 Å². The summed E-state index contributed by atoms with van der Waals surface area (Å²) in [6.07, 6.45) is 30.2. The number of hydrogen-bond donors (Lipinski definition) is 0. The monoisotopic (exact) mass is 522 g/mol. The van der Waals surface area contributed by atoms with Gasteiger partial charge < -0.3 is 4.90 Å². The van der Waals surface area contributed by atoms with E-state index in [4.69, 9.17) is 0 Å². The number of amides is 1. The SMILES string of the molecule is C1=CCC=C1.O=C1C(n2cc(C3=CCC=C3)nn2)[C@@H](/C=C/c2ccccc2)N1C1CCCCCC1.[Fe]. The first-order valence-electron chi connectivity index (χ1n) is 13.0. The molecular formula is C30H34FeN4O. The van der Waals surface area contributed by atoms with Crippen molar-refractivity contribution in [3.05, 3.63) is 96.4 Å². The molecule has 0 N–H and O–H groups in total. The van der Waals surface area contributed by atoms with E-state index in [9.17, 15) is 4.79 Å². The van der Waals surface area contributed by atoms with Gasteiger partial charge in [0.05, 0.1) is 12.2 Å². The van der Waals surface area contributed by atoms with Gasteiger partial charge in [-0.15, -0.1) is 5.10 Å². The molecule has 6 heteroatoms. The summed E-state index contributed by atoms with van der Waals surface area (Å²) in [7, 11) is 0. The molecule has 188 valence electrons. The average Bonchev–Trinajstić information content (AvgIpc) is 3.66. The quantitative estimate of drug-likeness (QED) is 0.263. The van der Waals surface area contributed by atoms with Crippen molar-refractivity contribution in [3.8, 4) is 0 Å². The number of benzene rings is 1. The molecule has 2 aromatic rings. The Hall–Kier alpha value is -2.95. The van der Waals surface area contributed by atoms with Crippen LogP contribution in [0.1, 0.15) is 68.7 Å². The van der Waals surface area contributed by atoms with Crippen LogP contribution in [0.3, 0.4) is 0 Å². The maximum Gasteiger partial charge on any atom is 0.250 e. The van der Waals surface area contributed by atoms with Gasteiger partial charge in [0.15, 0.2) is 6.04 Å². The average molecular weight is 522 g/mol. The van der Waals surface area contributed by atoms with Crippen molar-refractivity contribution in [2.75, 3.05) is 0 Å². The summed E-state index contributed by atoms with van der Waals surface area (Å²) >= 11 is 0. The second-order valence-electron chi connectivity index (χ2n) is 9.57. The third-order valence-electron chi connectivity index (χ3n) is 7.17. The molecule has 1 aliphatic heterocycles. The Morgan fingerprint density at radius 3 is 2.31 bits per heavy atom. The Bertz CT molecular complexity index is 1140. The van der Waals surface area contributed by atoms with Gasteiger partial charge in [-0.1, -0.05) is 116 Å². The van der Waals surface area contributed by atoms with Crippen LogP contribution in [0.25, 0.3) is 11.6 Å². The van der Waals surface area contributed by atoms with Gasteiger partial charge in [0.1, 0.15) is 5.69 Å². The van der Waals surface area contributed by atoms with E-state index in [1.807, 2.05) is 24.4 Å². The van der Waals surface area contributed by atoms with E-state index in [1.165, 1.54) is 25.7 Å². The first-order chi connectivity index (χ1) is 17.3. The predicted octanol–water partition coefficient (Wildman–Crippen LogP) is 6.31. The van der Waals surface area contributed by atoms with E-state index in [0.29, 0.717) is 6.04 Å². The topological polar surface area (TPSA) is 51.0 Å². The Labute approximate surface area is 224 Å². The summed E-state index contributed by atoms with van der Waals surface area (Å²) in [6, 6.07) is 10.3. The molecule has 1 aromatic carbocycles. The van der Waals surface area contributed by atoms with E-state index in [-0.39, 0.29) is 35.1 Å². The minimum atomic E-state index is -0.305. The second-order valence-corrected chi connectivity index (χ2v) is 9.57. The van der Waals surface area contributed by atoms with Crippen LogP contribution in [0.4, 0.5) is 0 Å². The van der Waals surface area contributed by atoms with Crippen LogP contribution < -0.4 is 0 Å². The molecule has 2 heterocycles. The van der Waals surface area contributed by atoms with Gasteiger partial charge in [0, 0.05) is 23.1 Å². The summed E-state index contributed by atoms with van der Waals surface area (Å²) < 4.78 is 1.78. The van der Waals surface area contributed by atoms with Crippen molar-refractivity contribution in [2.45, 2.75) is 69.5 Å². The molecule has 2 fully saturated rings. The molecule has 0 radical (unpaired) electrons. The Kier molecular flexibility index (Phi) is 9.32. The zero-order valence-corrected chi connectivity index (χ0v) is 21.7. The third kappa shape index (κ3) is 6.05. The second kappa shape index (κ2) is 12.8. The fourth-order valence-electron chi connectivity index (χ4n) is 5.30. The van der Waals surface area contributed by atoms with Crippen molar-refractivity contribution in [2.24, 2.45) is 0 Å². The predicted molar refractivity (Wildman–Crippen MR) is 141 cm³/mol. The number of hydrogen-bond acceptors (Lipinski definition) is 3. The van der Waals surface area contributed by atoms with Gasteiger partial charge in [0.2, 0.25) is 0 Å². The summed E-state index contributed by atoms with van der Waals surface area (Å²) in [4.78, 5) is 15.4. The van der Waals surface area contributed by atoms with Gasteiger partial charge >= 0.3 is 0 Å². The Morgan fingerprint density at radius 2 is 1.67 bits per heavy atom. The third-order valence-corrected chi connectivity index (χ3v) is 7.17. The molecule has 1 saturated carbocycles. The first kappa shape index (κ1) is 26.1. The van der Waals surface area contributed by atoms with Gasteiger partial charge in [-0.25, -0.2) is 4.68 Å². The molecular weight excluding hydrogens is 488 g/mol. The van der Waals surface area contributed by atoms with Crippen LogP contribution in [0.5, 0.6) is 0 Å². The zero-order valence-electron chi connectivity index (χ0n) is 20.6. The number of likely N-dealkylation sites (tertiary alicyclic amines) is 1. The van der Waals surface area contributed by atoms with E-state index in [0.717, 1.165) is 42.5 Å². The number of β-lactam (4-membered cyclic amide) rings is 1. The minimum absolute atomic E-state index is 0. The van der Waals surface area contributed by atoms with Crippen molar-refractivity contribution in [1.82, 2.24) is 19.9 Å². The molecule has 0 spiro atoms. The molecule has 1 saturated heterocycles. The van der Waals surface area contributed by atoms with Gasteiger partial charge in [-0.2, -0.15) is 0 Å². The fraction of sp³-hybridized carbons (Fsp3) is 0.367.